The average Bonchev–Trinajstić information content (AvgIpc) is 2.45. The first kappa shape index (κ1) is 15.0. The van der Waals surface area contributed by atoms with Gasteiger partial charge < -0.3 is 9.84 Å². The third-order valence-electron chi connectivity index (χ3n) is 2.72. The maximum absolute atomic E-state index is 13.5. The van der Waals surface area contributed by atoms with E-state index in [1.54, 1.807) is 18.2 Å². The highest BCUT2D eigenvalue weighted by molar-refractivity contribution is 9.10. The number of carboxylic acid groups (broad SMARTS) is 1. The molecule has 0 aliphatic heterocycles. The molecule has 0 aromatic heterocycles. The van der Waals surface area contributed by atoms with Crippen LogP contribution in [0.15, 0.2) is 40.9 Å². The number of hydrogen-bond acceptors (Lipinski definition) is 3. The second-order valence-corrected chi connectivity index (χ2v) is 5.08. The molecule has 0 fully saturated rings. The Kier molecular flexibility index (Phi) is 4.55. The number of nitriles is 1. The second kappa shape index (κ2) is 6.37. The zero-order valence-corrected chi connectivity index (χ0v) is 12.2. The molecule has 0 bridgehead atoms. The molecule has 2 aromatic carbocycles. The van der Waals surface area contributed by atoms with Crippen molar-refractivity contribution in [1.82, 2.24) is 0 Å². The van der Waals surface area contributed by atoms with Crippen molar-refractivity contribution in [3.63, 3.8) is 0 Å². The van der Waals surface area contributed by atoms with Crippen LogP contribution in [0, 0.1) is 17.1 Å². The number of ether oxygens (including phenoxy) is 1. The molecule has 21 heavy (non-hydrogen) atoms. The molecule has 0 saturated heterocycles. The van der Waals surface area contributed by atoms with E-state index in [0.29, 0.717) is 16.9 Å². The number of halogens is 2. The predicted molar refractivity (Wildman–Crippen MR) is 76.5 cm³/mol. The summed E-state index contributed by atoms with van der Waals surface area (Å²) in [6, 6.07) is 10.7. The molecule has 2 rings (SSSR count). The van der Waals surface area contributed by atoms with Crippen LogP contribution < -0.4 is 4.74 Å². The summed E-state index contributed by atoms with van der Waals surface area (Å²) in [6.07, 6.45) is 0. The molecule has 0 amide bonds. The molecule has 0 aliphatic rings. The fourth-order valence-electron chi connectivity index (χ4n) is 1.70. The predicted octanol–water partition coefficient (Wildman–Crippen LogP) is 3.74. The van der Waals surface area contributed by atoms with Crippen LogP contribution in [0.3, 0.4) is 0 Å². The van der Waals surface area contributed by atoms with Gasteiger partial charge in [0.1, 0.15) is 24.2 Å². The normalized spacial score (nSPS) is 9.95. The van der Waals surface area contributed by atoms with Crippen LogP contribution in [0.4, 0.5) is 4.39 Å². The van der Waals surface area contributed by atoms with E-state index in [2.05, 4.69) is 15.9 Å². The van der Waals surface area contributed by atoms with Crippen molar-refractivity contribution in [3.8, 4) is 11.8 Å². The smallest absolute Gasteiger partial charge is 0.338 e. The highest BCUT2D eigenvalue weighted by Crippen LogP contribution is 2.23. The van der Waals surface area contributed by atoms with Crippen LogP contribution >= 0.6 is 15.9 Å². The van der Waals surface area contributed by atoms with E-state index in [1.165, 1.54) is 12.1 Å². The van der Waals surface area contributed by atoms with Gasteiger partial charge in [-0.05, 0) is 35.9 Å². The SMILES string of the molecule is N#Cc1cc(Br)ccc1OCc1ccc(C(=O)O)c(F)c1. The van der Waals surface area contributed by atoms with Crippen LogP contribution in [-0.4, -0.2) is 11.1 Å². The topological polar surface area (TPSA) is 70.3 Å². The van der Waals surface area contributed by atoms with Crippen molar-refractivity contribution < 1.29 is 19.0 Å². The minimum atomic E-state index is -1.32. The van der Waals surface area contributed by atoms with Crippen molar-refractivity contribution in [3.05, 3.63) is 63.4 Å². The number of rotatable bonds is 4. The molecule has 106 valence electrons. The zero-order valence-electron chi connectivity index (χ0n) is 10.6. The van der Waals surface area contributed by atoms with Crippen LogP contribution in [0.2, 0.25) is 0 Å². The molecule has 0 radical (unpaired) electrons. The maximum Gasteiger partial charge on any atom is 0.338 e. The lowest BCUT2D eigenvalue weighted by atomic mass is 10.1. The quantitative estimate of drug-likeness (QED) is 0.912. The Morgan fingerprint density at radius 2 is 2.10 bits per heavy atom. The lowest BCUT2D eigenvalue weighted by Crippen LogP contribution is -2.03. The summed E-state index contributed by atoms with van der Waals surface area (Å²) in [5.74, 6) is -1.76. The van der Waals surface area contributed by atoms with Gasteiger partial charge in [0.25, 0.3) is 0 Å². The van der Waals surface area contributed by atoms with E-state index in [-0.39, 0.29) is 12.2 Å². The molecule has 1 N–H and O–H groups in total. The molecule has 0 unspecified atom stereocenters. The third kappa shape index (κ3) is 3.58. The second-order valence-electron chi connectivity index (χ2n) is 4.16. The first-order chi connectivity index (χ1) is 10.0. The number of aromatic carboxylic acids is 1. The van der Waals surface area contributed by atoms with Crippen molar-refractivity contribution in [2.75, 3.05) is 0 Å². The summed E-state index contributed by atoms with van der Waals surface area (Å²) in [5, 5.41) is 17.8. The molecular formula is C15H9BrFNO3. The van der Waals surface area contributed by atoms with Crippen molar-refractivity contribution in [2.45, 2.75) is 6.61 Å². The van der Waals surface area contributed by atoms with Gasteiger partial charge in [-0.3, -0.25) is 0 Å². The van der Waals surface area contributed by atoms with Gasteiger partial charge in [-0.15, -0.1) is 0 Å². The van der Waals surface area contributed by atoms with E-state index >= 15 is 0 Å². The Labute approximate surface area is 128 Å². The van der Waals surface area contributed by atoms with E-state index < -0.39 is 11.8 Å². The molecule has 2 aromatic rings. The number of carboxylic acids is 1. The van der Waals surface area contributed by atoms with E-state index in [4.69, 9.17) is 15.1 Å². The van der Waals surface area contributed by atoms with Crippen LogP contribution in [0.25, 0.3) is 0 Å². The van der Waals surface area contributed by atoms with Crippen LogP contribution in [0.1, 0.15) is 21.5 Å². The van der Waals surface area contributed by atoms with E-state index in [0.717, 1.165) is 10.5 Å². The molecule has 0 heterocycles. The summed E-state index contributed by atoms with van der Waals surface area (Å²) in [7, 11) is 0. The molecule has 0 spiro atoms. The average molecular weight is 350 g/mol. The summed E-state index contributed by atoms with van der Waals surface area (Å²) in [6.45, 7) is 0.0349. The largest absolute Gasteiger partial charge is 0.488 e. The van der Waals surface area contributed by atoms with Crippen LogP contribution in [-0.2, 0) is 6.61 Å². The summed E-state index contributed by atoms with van der Waals surface area (Å²) in [4.78, 5) is 10.7. The van der Waals surface area contributed by atoms with E-state index in [9.17, 15) is 9.18 Å². The fraction of sp³-hybridized carbons (Fsp3) is 0.0667. The lowest BCUT2D eigenvalue weighted by Gasteiger charge is -2.09. The Morgan fingerprint density at radius 1 is 1.33 bits per heavy atom. The highest BCUT2D eigenvalue weighted by Gasteiger charge is 2.11. The lowest BCUT2D eigenvalue weighted by molar-refractivity contribution is 0.0692. The number of nitrogens with zero attached hydrogens (tertiary/aromatic N) is 1. The zero-order chi connectivity index (χ0) is 15.4. The minimum absolute atomic E-state index is 0.0349. The molecular weight excluding hydrogens is 341 g/mol. The summed E-state index contributed by atoms with van der Waals surface area (Å²) >= 11 is 3.25. The van der Waals surface area contributed by atoms with Gasteiger partial charge in [0.05, 0.1) is 11.1 Å². The Hall–Kier alpha value is -2.39. The monoisotopic (exact) mass is 349 g/mol. The minimum Gasteiger partial charge on any atom is -0.488 e. The summed E-state index contributed by atoms with van der Waals surface area (Å²) in [5.41, 5.74) is 0.441. The first-order valence-electron chi connectivity index (χ1n) is 5.85. The van der Waals surface area contributed by atoms with Crippen molar-refractivity contribution in [2.24, 2.45) is 0 Å². The maximum atomic E-state index is 13.5. The Bertz CT molecular complexity index is 740. The van der Waals surface area contributed by atoms with Gasteiger partial charge in [0.2, 0.25) is 0 Å². The van der Waals surface area contributed by atoms with Gasteiger partial charge in [0.15, 0.2) is 0 Å². The van der Waals surface area contributed by atoms with Gasteiger partial charge in [-0.25, -0.2) is 9.18 Å². The molecule has 0 atom stereocenters. The highest BCUT2D eigenvalue weighted by atomic mass is 79.9. The standard InChI is InChI=1S/C15H9BrFNO3/c16-11-2-4-14(10(6-11)7-18)21-8-9-1-3-12(15(19)20)13(17)5-9/h1-6H,8H2,(H,19,20). The Balaban J connectivity index is 2.16. The van der Waals surface area contributed by atoms with Gasteiger partial charge in [-0.1, -0.05) is 22.0 Å². The van der Waals surface area contributed by atoms with Gasteiger partial charge in [-0.2, -0.15) is 5.26 Å². The number of benzene rings is 2. The van der Waals surface area contributed by atoms with Crippen LogP contribution in [0.5, 0.6) is 5.75 Å². The molecule has 6 heteroatoms. The first-order valence-corrected chi connectivity index (χ1v) is 6.64. The molecule has 0 aliphatic carbocycles. The third-order valence-corrected chi connectivity index (χ3v) is 3.21. The summed E-state index contributed by atoms with van der Waals surface area (Å²) < 4.78 is 19.8. The number of hydrogen-bond donors (Lipinski definition) is 1. The van der Waals surface area contributed by atoms with Crippen molar-refractivity contribution in [1.29, 1.82) is 5.26 Å². The van der Waals surface area contributed by atoms with Gasteiger partial charge >= 0.3 is 5.97 Å². The fourth-order valence-corrected chi connectivity index (χ4v) is 2.06. The Morgan fingerprint density at radius 3 is 2.71 bits per heavy atom. The van der Waals surface area contributed by atoms with Crippen molar-refractivity contribution >= 4 is 21.9 Å². The number of carbonyl (C=O) groups is 1. The molecule has 0 saturated carbocycles. The van der Waals surface area contributed by atoms with E-state index in [1.807, 2.05) is 6.07 Å². The molecule has 4 nitrogen and oxygen atoms in total. The van der Waals surface area contributed by atoms with Gasteiger partial charge in [0, 0.05) is 4.47 Å².